The zero-order valence-electron chi connectivity index (χ0n) is 19.6. The van der Waals surface area contributed by atoms with E-state index in [4.69, 9.17) is 9.47 Å². The third kappa shape index (κ3) is 4.81. The second kappa shape index (κ2) is 10.3. The number of benzene rings is 3. The molecule has 1 heterocycles. The Morgan fingerprint density at radius 2 is 1.68 bits per heavy atom. The summed E-state index contributed by atoms with van der Waals surface area (Å²) in [5.41, 5.74) is 3.72. The maximum absolute atomic E-state index is 13.6. The lowest BCUT2D eigenvalue weighted by Gasteiger charge is -2.16. The molecule has 0 saturated carbocycles. The normalized spacial score (nSPS) is 13.4. The molecule has 0 atom stereocenters. The van der Waals surface area contributed by atoms with E-state index in [0.29, 0.717) is 29.4 Å². The first-order chi connectivity index (χ1) is 16.5. The van der Waals surface area contributed by atoms with Gasteiger partial charge < -0.3 is 14.8 Å². The van der Waals surface area contributed by atoms with Crippen LogP contribution in [0.5, 0.6) is 11.5 Å². The SMILES string of the molecule is CCCOc1cccc(NC2=C(c3ccccc3OC)C(=O)N(Cc3ccc(C)cc3)C2=O)c1. The van der Waals surface area contributed by atoms with Crippen LogP contribution in [0.1, 0.15) is 30.0 Å². The van der Waals surface area contributed by atoms with Crippen LogP contribution < -0.4 is 14.8 Å². The second-order valence-corrected chi connectivity index (χ2v) is 8.13. The molecule has 2 amide bonds. The molecule has 34 heavy (non-hydrogen) atoms. The molecule has 1 aliphatic rings. The summed E-state index contributed by atoms with van der Waals surface area (Å²) in [6, 6.07) is 22.4. The highest BCUT2D eigenvalue weighted by Crippen LogP contribution is 2.36. The van der Waals surface area contributed by atoms with E-state index >= 15 is 0 Å². The van der Waals surface area contributed by atoms with Crippen molar-refractivity contribution < 1.29 is 19.1 Å². The van der Waals surface area contributed by atoms with Gasteiger partial charge in [-0.25, -0.2) is 0 Å². The fourth-order valence-electron chi connectivity index (χ4n) is 3.84. The van der Waals surface area contributed by atoms with Crippen molar-refractivity contribution in [2.45, 2.75) is 26.8 Å². The highest BCUT2D eigenvalue weighted by atomic mass is 16.5. The molecule has 6 heteroatoms. The third-order valence-corrected chi connectivity index (χ3v) is 5.58. The molecular formula is C28H28N2O4. The first-order valence-corrected chi connectivity index (χ1v) is 11.3. The van der Waals surface area contributed by atoms with Gasteiger partial charge in [-0.05, 0) is 37.1 Å². The minimum absolute atomic E-state index is 0.182. The van der Waals surface area contributed by atoms with Crippen LogP contribution in [0.3, 0.4) is 0 Å². The first kappa shape index (κ1) is 23.1. The van der Waals surface area contributed by atoms with Crippen molar-refractivity contribution >= 4 is 23.1 Å². The Labute approximate surface area is 199 Å². The van der Waals surface area contributed by atoms with Crippen LogP contribution in [-0.2, 0) is 16.1 Å². The van der Waals surface area contributed by atoms with Gasteiger partial charge in [-0.2, -0.15) is 0 Å². The maximum atomic E-state index is 13.6. The minimum atomic E-state index is -0.383. The summed E-state index contributed by atoms with van der Waals surface area (Å²) < 4.78 is 11.2. The van der Waals surface area contributed by atoms with Crippen LogP contribution in [0, 0.1) is 6.92 Å². The van der Waals surface area contributed by atoms with Gasteiger partial charge in [0.2, 0.25) is 0 Å². The number of hydrogen-bond acceptors (Lipinski definition) is 5. The predicted molar refractivity (Wildman–Crippen MR) is 133 cm³/mol. The number of imide groups is 1. The Morgan fingerprint density at radius 3 is 2.41 bits per heavy atom. The monoisotopic (exact) mass is 456 g/mol. The summed E-state index contributed by atoms with van der Waals surface area (Å²) in [7, 11) is 1.55. The van der Waals surface area contributed by atoms with Gasteiger partial charge >= 0.3 is 0 Å². The standard InChI is InChI=1S/C28H28N2O4/c1-4-16-34-22-9-7-8-21(17-22)29-26-25(23-10-5-6-11-24(23)33-3)27(31)30(28(26)32)18-20-14-12-19(2)13-15-20/h5-15,17,29H,4,16,18H2,1-3H3. The van der Waals surface area contributed by atoms with E-state index in [1.807, 2.05) is 74.5 Å². The summed E-state index contributed by atoms with van der Waals surface area (Å²) >= 11 is 0. The fourth-order valence-corrected chi connectivity index (χ4v) is 3.84. The number of anilines is 1. The quantitative estimate of drug-likeness (QED) is 0.449. The highest BCUT2D eigenvalue weighted by molar-refractivity contribution is 6.36. The zero-order valence-corrected chi connectivity index (χ0v) is 19.6. The van der Waals surface area contributed by atoms with Crippen molar-refractivity contribution in [3.8, 4) is 11.5 Å². The van der Waals surface area contributed by atoms with Crippen molar-refractivity contribution in [2.24, 2.45) is 0 Å². The summed E-state index contributed by atoms with van der Waals surface area (Å²) in [6.07, 6.45) is 0.891. The van der Waals surface area contributed by atoms with Crippen molar-refractivity contribution in [2.75, 3.05) is 19.0 Å². The van der Waals surface area contributed by atoms with Gasteiger partial charge in [0, 0.05) is 17.3 Å². The topological polar surface area (TPSA) is 67.9 Å². The molecular weight excluding hydrogens is 428 g/mol. The molecule has 0 saturated heterocycles. The number of carbonyl (C=O) groups is 2. The molecule has 0 bridgehead atoms. The molecule has 174 valence electrons. The molecule has 4 rings (SSSR count). The molecule has 0 radical (unpaired) electrons. The second-order valence-electron chi connectivity index (χ2n) is 8.13. The van der Waals surface area contributed by atoms with Crippen LogP contribution >= 0.6 is 0 Å². The molecule has 3 aromatic carbocycles. The number of rotatable bonds is 9. The maximum Gasteiger partial charge on any atom is 0.278 e. The first-order valence-electron chi connectivity index (χ1n) is 11.3. The Morgan fingerprint density at radius 1 is 0.912 bits per heavy atom. The highest BCUT2D eigenvalue weighted by Gasteiger charge is 2.40. The van der Waals surface area contributed by atoms with Gasteiger partial charge in [0.15, 0.2) is 0 Å². The summed E-state index contributed by atoms with van der Waals surface area (Å²) in [6.45, 7) is 4.82. The van der Waals surface area contributed by atoms with Gasteiger partial charge in [-0.3, -0.25) is 14.5 Å². The molecule has 6 nitrogen and oxygen atoms in total. The molecule has 1 N–H and O–H groups in total. The van der Waals surface area contributed by atoms with E-state index in [0.717, 1.165) is 17.5 Å². The van der Waals surface area contributed by atoms with Crippen LogP contribution in [0.15, 0.2) is 78.5 Å². The van der Waals surface area contributed by atoms with Crippen LogP contribution in [0.2, 0.25) is 0 Å². The molecule has 0 aliphatic carbocycles. The summed E-state index contributed by atoms with van der Waals surface area (Å²) in [5.74, 6) is 0.470. The van der Waals surface area contributed by atoms with Crippen molar-refractivity contribution in [1.82, 2.24) is 4.90 Å². The predicted octanol–water partition coefficient (Wildman–Crippen LogP) is 5.18. The van der Waals surface area contributed by atoms with E-state index in [2.05, 4.69) is 5.32 Å². The Bertz CT molecular complexity index is 1230. The number of aryl methyl sites for hydroxylation is 1. The molecule has 0 aromatic heterocycles. The number of nitrogens with zero attached hydrogens (tertiary/aromatic N) is 1. The molecule has 3 aromatic rings. The van der Waals surface area contributed by atoms with Crippen molar-refractivity contribution in [3.05, 3.63) is 95.2 Å². The van der Waals surface area contributed by atoms with Gasteiger partial charge in [0.05, 0.1) is 25.8 Å². The zero-order chi connectivity index (χ0) is 24.1. The number of ether oxygens (including phenoxy) is 2. The number of methoxy groups -OCH3 is 1. The molecule has 0 unspecified atom stereocenters. The molecule has 0 fully saturated rings. The lowest BCUT2D eigenvalue weighted by atomic mass is 10.0. The lowest BCUT2D eigenvalue weighted by molar-refractivity contribution is -0.137. The number of nitrogens with one attached hydrogen (secondary N) is 1. The number of carbonyl (C=O) groups excluding carboxylic acids is 2. The van der Waals surface area contributed by atoms with E-state index in [1.54, 1.807) is 19.2 Å². The average molecular weight is 457 g/mol. The minimum Gasteiger partial charge on any atom is -0.496 e. The van der Waals surface area contributed by atoms with E-state index in [1.165, 1.54) is 4.90 Å². The molecule has 1 aliphatic heterocycles. The van der Waals surface area contributed by atoms with E-state index < -0.39 is 0 Å². The van der Waals surface area contributed by atoms with Gasteiger partial charge in [-0.15, -0.1) is 0 Å². The summed E-state index contributed by atoms with van der Waals surface area (Å²) in [4.78, 5) is 28.4. The van der Waals surface area contributed by atoms with Crippen LogP contribution in [0.4, 0.5) is 5.69 Å². The Hall–Kier alpha value is -4.06. The lowest BCUT2D eigenvalue weighted by Crippen LogP contribution is -2.32. The number of amides is 2. The van der Waals surface area contributed by atoms with Crippen LogP contribution in [0.25, 0.3) is 5.57 Å². The number of hydrogen-bond donors (Lipinski definition) is 1. The van der Waals surface area contributed by atoms with Crippen molar-refractivity contribution in [3.63, 3.8) is 0 Å². The van der Waals surface area contributed by atoms with Gasteiger partial charge in [0.1, 0.15) is 17.2 Å². The van der Waals surface area contributed by atoms with Gasteiger partial charge in [-0.1, -0.05) is 61.0 Å². The summed E-state index contributed by atoms with van der Waals surface area (Å²) in [5, 5.41) is 3.19. The van der Waals surface area contributed by atoms with E-state index in [9.17, 15) is 9.59 Å². The average Bonchev–Trinajstić information content (AvgIpc) is 3.08. The Balaban J connectivity index is 1.73. The van der Waals surface area contributed by atoms with Crippen molar-refractivity contribution in [1.29, 1.82) is 0 Å². The van der Waals surface area contributed by atoms with E-state index in [-0.39, 0.29) is 29.6 Å². The Kier molecular flexibility index (Phi) is 6.97. The third-order valence-electron chi connectivity index (χ3n) is 5.58. The largest absolute Gasteiger partial charge is 0.496 e. The smallest absolute Gasteiger partial charge is 0.278 e. The number of para-hydroxylation sites is 1. The van der Waals surface area contributed by atoms with Gasteiger partial charge in [0.25, 0.3) is 11.8 Å². The van der Waals surface area contributed by atoms with Crippen LogP contribution in [-0.4, -0.2) is 30.4 Å². The fraction of sp³-hybridized carbons (Fsp3) is 0.214. The molecule has 0 spiro atoms.